The van der Waals surface area contributed by atoms with Crippen LogP contribution < -0.4 is 9.64 Å². The number of aryl methyl sites for hydroxylation is 2. The van der Waals surface area contributed by atoms with Crippen molar-refractivity contribution in [1.82, 2.24) is 0 Å². The number of amides is 1. The number of carbonyl (C=O) groups is 2. The molecule has 0 bridgehead atoms. The molecule has 0 saturated carbocycles. The first kappa shape index (κ1) is 19.5. The number of hydrogen-bond acceptors (Lipinski definition) is 4. The Kier molecular flexibility index (Phi) is 6.39. The Balaban J connectivity index is 2.21. The fourth-order valence-corrected chi connectivity index (χ4v) is 2.80. The lowest BCUT2D eigenvalue weighted by Crippen LogP contribution is -2.40. The van der Waals surface area contributed by atoms with Crippen molar-refractivity contribution >= 4 is 17.6 Å². The fraction of sp³-hybridized carbons (Fsp3) is 0.333. The Morgan fingerprint density at radius 1 is 1.04 bits per heavy atom. The number of hydrogen-bond donors (Lipinski definition) is 0. The molecule has 5 heteroatoms. The molecule has 0 spiro atoms. The normalized spacial score (nSPS) is 10.5. The van der Waals surface area contributed by atoms with E-state index in [0.29, 0.717) is 11.3 Å². The molecule has 1 amide bonds. The minimum absolute atomic E-state index is 0.0503. The van der Waals surface area contributed by atoms with Crippen LogP contribution in [0, 0.1) is 13.8 Å². The molecule has 0 fully saturated rings. The Hall–Kier alpha value is -2.82. The molecule has 0 aliphatic heterocycles. The minimum atomic E-state index is -0.398. The van der Waals surface area contributed by atoms with Crippen LogP contribution in [0.2, 0.25) is 0 Å². The first-order valence-electron chi connectivity index (χ1n) is 8.54. The molecule has 0 aliphatic rings. The van der Waals surface area contributed by atoms with Gasteiger partial charge < -0.3 is 14.4 Å². The van der Waals surface area contributed by atoms with E-state index in [1.165, 1.54) is 7.11 Å². The van der Waals surface area contributed by atoms with Crippen LogP contribution in [-0.2, 0) is 9.53 Å². The van der Waals surface area contributed by atoms with Gasteiger partial charge in [-0.3, -0.25) is 4.79 Å². The van der Waals surface area contributed by atoms with Gasteiger partial charge in [0, 0.05) is 11.7 Å². The summed E-state index contributed by atoms with van der Waals surface area (Å²) in [5.74, 6) is 0.157. The third kappa shape index (κ3) is 4.42. The van der Waals surface area contributed by atoms with Crippen molar-refractivity contribution in [2.45, 2.75) is 33.7 Å². The summed E-state index contributed by atoms with van der Waals surface area (Å²) < 4.78 is 10.5. The molecule has 0 aromatic heterocycles. The average Bonchev–Trinajstić information content (AvgIpc) is 2.61. The van der Waals surface area contributed by atoms with E-state index in [9.17, 15) is 9.59 Å². The van der Waals surface area contributed by atoms with E-state index in [1.807, 2.05) is 52.0 Å². The van der Waals surface area contributed by atoms with Gasteiger partial charge in [-0.25, -0.2) is 4.79 Å². The van der Waals surface area contributed by atoms with Gasteiger partial charge in [-0.1, -0.05) is 18.2 Å². The Morgan fingerprint density at radius 3 is 2.31 bits per heavy atom. The highest BCUT2D eigenvalue weighted by molar-refractivity contribution is 5.97. The van der Waals surface area contributed by atoms with Gasteiger partial charge in [-0.05, 0) is 63.1 Å². The lowest BCUT2D eigenvalue weighted by atomic mass is 10.1. The molecule has 26 heavy (non-hydrogen) atoms. The molecule has 5 nitrogen and oxygen atoms in total. The summed E-state index contributed by atoms with van der Waals surface area (Å²) in [5.41, 5.74) is 3.02. The van der Waals surface area contributed by atoms with E-state index in [2.05, 4.69) is 0 Å². The Labute approximate surface area is 154 Å². The SMILES string of the molecule is COC(=O)c1ccc(N(C(=O)COc2ccccc2C)C(C)C)c(C)c1. The van der Waals surface area contributed by atoms with Crippen LogP contribution in [0.4, 0.5) is 5.69 Å². The van der Waals surface area contributed by atoms with Crippen LogP contribution in [-0.4, -0.2) is 31.6 Å². The van der Waals surface area contributed by atoms with Gasteiger partial charge in [0.15, 0.2) is 6.61 Å². The number of para-hydroxylation sites is 1. The third-order valence-corrected chi connectivity index (χ3v) is 4.11. The highest BCUT2D eigenvalue weighted by atomic mass is 16.5. The van der Waals surface area contributed by atoms with Gasteiger partial charge in [-0.2, -0.15) is 0 Å². The zero-order valence-corrected chi connectivity index (χ0v) is 15.9. The van der Waals surface area contributed by atoms with Crippen LogP contribution in [0.1, 0.15) is 35.3 Å². The molecular formula is C21H25NO4. The van der Waals surface area contributed by atoms with Crippen molar-refractivity contribution < 1.29 is 19.1 Å². The second-order valence-corrected chi connectivity index (χ2v) is 6.40. The summed E-state index contributed by atoms with van der Waals surface area (Å²) >= 11 is 0. The Bertz CT molecular complexity index is 798. The highest BCUT2D eigenvalue weighted by Crippen LogP contribution is 2.25. The molecule has 0 heterocycles. The quantitative estimate of drug-likeness (QED) is 0.737. The zero-order valence-electron chi connectivity index (χ0n) is 15.9. The lowest BCUT2D eigenvalue weighted by molar-refractivity contribution is -0.120. The molecule has 2 aromatic rings. The monoisotopic (exact) mass is 355 g/mol. The first-order valence-corrected chi connectivity index (χ1v) is 8.54. The van der Waals surface area contributed by atoms with Gasteiger partial charge in [0.05, 0.1) is 12.7 Å². The van der Waals surface area contributed by atoms with E-state index >= 15 is 0 Å². The number of anilines is 1. The van der Waals surface area contributed by atoms with Gasteiger partial charge in [-0.15, -0.1) is 0 Å². The second kappa shape index (κ2) is 8.52. The number of rotatable bonds is 6. The Morgan fingerprint density at radius 2 is 1.73 bits per heavy atom. The van der Waals surface area contributed by atoms with Gasteiger partial charge in [0.2, 0.25) is 0 Å². The molecular weight excluding hydrogens is 330 g/mol. The summed E-state index contributed by atoms with van der Waals surface area (Å²) in [7, 11) is 1.35. The maximum Gasteiger partial charge on any atom is 0.337 e. The number of carbonyl (C=O) groups excluding carboxylic acids is 2. The number of benzene rings is 2. The van der Waals surface area contributed by atoms with Gasteiger partial charge in [0.1, 0.15) is 5.75 Å². The molecule has 0 aliphatic carbocycles. The van der Waals surface area contributed by atoms with Crippen molar-refractivity contribution in [1.29, 1.82) is 0 Å². The predicted molar refractivity (Wildman–Crippen MR) is 102 cm³/mol. The van der Waals surface area contributed by atoms with Crippen molar-refractivity contribution in [3.05, 3.63) is 59.2 Å². The van der Waals surface area contributed by atoms with E-state index in [4.69, 9.17) is 9.47 Å². The van der Waals surface area contributed by atoms with Crippen molar-refractivity contribution in [3.8, 4) is 5.75 Å². The van der Waals surface area contributed by atoms with Crippen LogP contribution in [0.25, 0.3) is 0 Å². The summed E-state index contributed by atoms with van der Waals surface area (Å²) in [5, 5.41) is 0. The van der Waals surface area contributed by atoms with E-state index in [0.717, 1.165) is 16.8 Å². The molecule has 0 atom stereocenters. The number of methoxy groups -OCH3 is 1. The van der Waals surface area contributed by atoms with E-state index in [-0.39, 0.29) is 18.6 Å². The fourth-order valence-electron chi connectivity index (χ4n) is 2.80. The standard InChI is InChI=1S/C21H25NO4/c1-14(2)22(18-11-10-17(12-16(18)4)21(24)25-5)20(23)13-26-19-9-7-6-8-15(19)3/h6-12,14H,13H2,1-5H3. The van der Waals surface area contributed by atoms with Crippen LogP contribution in [0.5, 0.6) is 5.75 Å². The van der Waals surface area contributed by atoms with Crippen LogP contribution >= 0.6 is 0 Å². The number of esters is 1. The highest BCUT2D eigenvalue weighted by Gasteiger charge is 2.22. The molecule has 2 rings (SSSR count). The molecule has 0 radical (unpaired) electrons. The number of nitrogens with zero attached hydrogens (tertiary/aromatic N) is 1. The molecule has 0 unspecified atom stereocenters. The van der Waals surface area contributed by atoms with Gasteiger partial charge in [0.25, 0.3) is 5.91 Å². The summed E-state index contributed by atoms with van der Waals surface area (Å²) in [6.07, 6.45) is 0. The predicted octanol–water partition coefficient (Wildman–Crippen LogP) is 3.91. The zero-order chi connectivity index (χ0) is 19.3. The molecule has 2 aromatic carbocycles. The molecule has 0 saturated heterocycles. The van der Waals surface area contributed by atoms with Crippen molar-refractivity contribution in [2.24, 2.45) is 0 Å². The van der Waals surface area contributed by atoms with Crippen LogP contribution in [0.3, 0.4) is 0 Å². The topological polar surface area (TPSA) is 55.8 Å². The van der Waals surface area contributed by atoms with Crippen molar-refractivity contribution in [3.63, 3.8) is 0 Å². The first-order chi connectivity index (χ1) is 12.3. The van der Waals surface area contributed by atoms with Crippen LogP contribution in [0.15, 0.2) is 42.5 Å². The second-order valence-electron chi connectivity index (χ2n) is 6.40. The number of ether oxygens (including phenoxy) is 2. The smallest absolute Gasteiger partial charge is 0.337 e. The maximum atomic E-state index is 12.8. The largest absolute Gasteiger partial charge is 0.483 e. The summed E-state index contributed by atoms with van der Waals surface area (Å²) in [6.45, 7) is 7.64. The third-order valence-electron chi connectivity index (χ3n) is 4.11. The summed E-state index contributed by atoms with van der Waals surface area (Å²) in [4.78, 5) is 26.2. The molecule has 138 valence electrons. The van der Waals surface area contributed by atoms with E-state index in [1.54, 1.807) is 23.1 Å². The molecule has 0 N–H and O–H groups in total. The van der Waals surface area contributed by atoms with E-state index < -0.39 is 5.97 Å². The van der Waals surface area contributed by atoms with Crippen molar-refractivity contribution in [2.75, 3.05) is 18.6 Å². The summed E-state index contributed by atoms with van der Waals surface area (Å²) in [6, 6.07) is 12.7. The maximum absolute atomic E-state index is 12.8. The van der Waals surface area contributed by atoms with Gasteiger partial charge >= 0.3 is 5.97 Å². The average molecular weight is 355 g/mol. The lowest BCUT2D eigenvalue weighted by Gasteiger charge is -2.28. The minimum Gasteiger partial charge on any atom is -0.483 e.